The standard InChI is InChI=1S/C21H20N2O4S/c1-4-23-19(24)18(13-14-5-7-15(8-6-14)20(25)27-3)28-21(23)22-16-9-11-17(26-2)12-10-16/h5-13H,4H2,1-3H3/b18-13+,22-21?. The molecular formula is C21H20N2O4S. The van der Waals surface area contributed by atoms with E-state index in [0.29, 0.717) is 22.2 Å². The lowest BCUT2D eigenvalue weighted by atomic mass is 10.1. The predicted molar refractivity (Wildman–Crippen MR) is 111 cm³/mol. The maximum atomic E-state index is 12.7. The molecule has 144 valence electrons. The molecule has 1 amide bonds. The van der Waals surface area contributed by atoms with Gasteiger partial charge in [-0.05, 0) is 66.7 Å². The summed E-state index contributed by atoms with van der Waals surface area (Å²) in [7, 11) is 2.95. The minimum atomic E-state index is -0.392. The van der Waals surface area contributed by atoms with Crippen LogP contribution in [0.25, 0.3) is 6.08 Å². The number of nitrogens with zero attached hydrogens (tertiary/aromatic N) is 2. The van der Waals surface area contributed by atoms with Crippen LogP contribution < -0.4 is 4.74 Å². The number of hydrogen-bond donors (Lipinski definition) is 0. The quantitative estimate of drug-likeness (QED) is 0.562. The number of aliphatic imine (C=N–C) groups is 1. The smallest absolute Gasteiger partial charge is 0.337 e. The molecule has 0 unspecified atom stereocenters. The molecule has 3 rings (SSSR count). The molecule has 0 atom stereocenters. The number of hydrogen-bond acceptors (Lipinski definition) is 6. The second-order valence-corrected chi connectivity index (χ2v) is 6.88. The Bertz CT molecular complexity index is 934. The maximum Gasteiger partial charge on any atom is 0.337 e. The minimum absolute atomic E-state index is 0.0863. The third-order valence-corrected chi connectivity index (χ3v) is 5.14. The second-order valence-electron chi connectivity index (χ2n) is 5.87. The lowest BCUT2D eigenvalue weighted by Crippen LogP contribution is -2.28. The first kappa shape index (κ1) is 19.7. The topological polar surface area (TPSA) is 68.2 Å². The summed E-state index contributed by atoms with van der Waals surface area (Å²) < 4.78 is 9.85. The summed E-state index contributed by atoms with van der Waals surface area (Å²) in [6, 6.07) is 14.3. The molecule has 0 bridgehead atoms. The first-order valence-electron chi connectivity index (χ1n) is 8.68. The van der Waals surface area contributed by atoms with E-state index in [2.05, 4.69) is 4.99 Å². The van der Waals surface area contributed by atoms with Gasteiger partial charge >= 0.3 is 5.97 Å². The van der Waals surface area contributed by atoms with Gasteiger partial charge in [0.1, 0.15) is 5.75 Å². The van der Waals surface area contributed by atoms with E-state index in [1.165, 1.54) is 18.9 Å². The van der Waals surface area contributed by atoms with Crippen molar-refractivity contribution in [2.75, 3.05) is 20.8 Å². The number of thioether (sulfide) groups is 1. The summed E-state index contributed by atoms with van der Waals surface area (Å²) in [4.78, 5) is 31.1. The van der Waals surface area contributed by atoms with Crippen molar-refractivity contribution in [3.63, 3.8) is 0 Å². The molecule has 2 aromatic carbocycles. The third-order valence-electron chi connectivity index (χ3n) is 4.13. The highest BCUT2D eigenvalue weighted by Gasteiger charge is 2.32. The van der Waals surface area contributed by atoms with E-state index in [9.17, 15) is 9.59 Å². The van der Waals surface area contributed by atoms with E-state index in [1.54, 1.807) is 42.4 Å². The average Bonchev–Trinajstić information content (AvgIpc) is 3.02. The van der Waals surface area contributed by atoms with E-state index in [4.69, 9.17) is 9.47 Å². The van der Waals surface area contributed by atoms with Crippen LogP contribution in [0.5, 0.6) is 5.75 Å². The van der Waals surface area contributed by atoms with Gasteiger partial charge in [0.15, 0.2) is 5.17 Å². The van der Waals surface area contributed by atoms with Crippen molar-refractivity contribution >= 4 is 40.6 Å². The Labute approximate surface area is 167 Å². The molecule has 0 radical (unpaired) electrons. The van der Waals surface area contributed by atoms with Crippen molar-refractivity contribution in [1.29, 1.82) is 0 Å². The molecule has 2 aromatic rings. The number of amidine groups is 1. The van der Waals surface area contributed by atoms with Gasteiger partial charge in [0.05, 0.1) is 30.4 Å². The average molecular weight is 396 g/mol. The zero-order valence-electron chi connectivity index (χ0n) is 15.8. The van der Waals surface area contributed by atoms with E-state index >= 15 is 0 Å². The number of carbonyl (C=O) groups excluding carboxylic acids is 2. The third kappa shape index (κ3) is 4.26. The second kappa shape index (κ2) is 8.75. The first-order valence-corrected chi connectivity index (χ1v) is 9.50. The Morgan fingerprint density at radius 1 is 1.11 bits per heavy atom. The van der Waals surface area contributed by atoms with Crippen molar-refractivity contribution in [2.24, 2.45) is 4.99 Å². The van der Waals surface area contributed by atoms with Crippen LogP contribution in [-0.2, 0) is 9.53 Å². The Kier molecular flexibility index (Phi) is 6.16. The summed E-state index contributed by atoms with van der Waals surface area (Å²) in [6.07, 6.45) is 1.80. The summed E-state index contributed by atoms with van der Waals surface area (Å²) in [6.45, 7) is 2.44. The number of ether oxygens (including phenoxy) is 2. The van der Waals surface area contributed by atoms with Crippen LogP contribution in [0, 0.1) is 0 Å². The van der Waals surface area contributed by atoms with Crippen LogP contribution in [0.1, 0.15) is 22.8 Å². The minimum Gasteiger partial charge on any atom is -0.497 e. The summed E-state index contributed by atoms with van der Waals surface area (Å²) in [5, 5.41) is 0.634. The van der Waals surface area contributed by atoms with E-state index in [-0.39, 0.29) is 5.91 Å². The highest BCUT2D eigenvalue weighted by Crippen LogP contribution is 2.34. The summed E-state index contributed by atoms with van der Waals surface area (Å²) >= 11 is 1.33. The van der Waals surface area contributed by atoms with E-state index < -0.39 is 5.97 Å². The molecule has 0 N–H and O–H groups in total. The number of esters is 1. The molecule has 0 saturated carbocycles. The maximum absolute atomic E-state index is 12.7. The van der Waals surface area contributed by atoms with Crippen LogP contribution >= 0.6 is 11.8 Å². The number of amides is 1. The molecule has 7 heteroatoms. The Hall–Kier alpha value is -3.06. The number of carbonyl (C=O) groups is 2. The fourth-order valence-electron chi connectivity index (χ4n) is 2.62. The van der Waals surface area contributed by atoms with E-state index in [1.807, 2.05) is 31.2 Å². The van der Waals surface area contributed by atoms with Crippen LogP contribution in [0.15, 0.2) is 58.4 Å². The molecule has 1 saturated heterocycles. The Morgan fingerprint density at radius 2 is 1.79 bits per heavy atom. The molecule has 6 nitrogen and oxygen atoms in total. The molecule has 1 heterocycles. The number of rotatable bonds is 5. The zero-order chi connectivity index (χ0) is 20.1. The molecule has 0 spiro atoms. The number of methoxy groups -OCH3 is 2. The van der Waals surface area contributed by atoms with Gasteiger partial charge in [-0.15, -0.1) is 0 Å². The lowest BCUT2D eigenvalue weighted by molar-refractivity contribution is -0.122. The molecule has 1 fully saturated rings. The van der Waals surface area contributed by atoms with Crippen LogP contribution in [0.2, 0.25) is 0 Å². The molecule has 0 aromatic heterocycles. The number of benzene rings is 2. The van der Waals surface area contributed by atoms with Gasteiger partial charge in [-0.25, -0.2) is 9.79 Å². The van der Waals surface area contributed by atoms with Gasteiger partial charge < -0.3 is 9.47 Å². The SMILES string of the molecule is CCN1C(=O)/C(=C\c2ccc(C(=O)OC)cc2)SC1=Nc1ccc(OC)cc1. The monoisotopic (exact) mass is 396 g/mol. The highest BCUT2D eigenvalue weighted by atomic mass is 32.2. The molecule has 1 aliphatic heterocycles. The van der Waals surface area contributed by atoms with Gasteiger partial charge in [0, 0.05) is 6.54 Å². The van der Waals surface area contributed by atoms with Crippen molar-refractivity contribution in [2.45, 2.75) is 6.92 Å². The summed E-state index contributed by atoms with van der Waals surface area (Å²) in [5.41, 5.74) is 2.04. The fourth-order valence-corrected chi connectivity index (χ4v) is 3.68. The van der Waals surface area contributed by atoms with Crippen molar-refractivity contribution in [3.05, 3.63) is 64.6 Å². The fraction of sp³-hybridized carbons (Fsp3) is 0.190. The van der Waals surface area contributed by atoms with Crippen LogP contribution in [-0.4, -0.2) is 42.7 Å². The number of likely N-dealkylation sites (N-methyl/N-ethyl adjacent to an activating group) is 1. The van der Waals surface area contributed by atoms with Gasteiger partial charge in [-0.3, -0.25) is 9.69 Å². The highest BCUT2D eigenvalue weighted by molar-refractivity contribution is 8.18. The van der Waals surface area contributed by atoms with Gasteiger partial charge in [-0.2, -0.15) is 0 Å². The molecule has 1 aliphatic rings. The van der Waals surface area contributed by atoms with Gasteiger partial charge in [-0.1, -0.05) is 12.1 Å². The van der Waals surface area contributed by atoms with Crippen molar-refractivity contribution < 1.29 is 19.1 Å². The molecule has 0 aliphatic carbocycles. The van der Waals surface area contributed by atoms with Crippen molar-refractivity contribution in [3.8, 4) is 5.75 Å². The molecule has 28 heavy (non-hydrogen) atoms. The largest absolute Gasteiger partial charge is 0.497 e. The van der Waals surface area contributed by atoms with Crippen LogP contribution in [0.4, 0.5) is 5.69 Å². The van der Waals surface area contributed by atoms with Crippen LogP contribution in [0.3, 0.4) is 0 Å². The Balaban J connectivity index is 1.85. The van der Waals surface area contributed by atoms with Gasteiger partial charge in [0.2, 0.25) is 0 Å². The Morgan fingerprint density at radius 3 is 2.36 bits per heavy atom. The zero-order valence-corrected chi connectivity index (χ0v) is 16.7. The van der Waals surface area contributed by atoms with E-state index in [0.717, 1.165) is 17.0 Å². The lowest BCUT2D eigenvalue weighted by Gasteiger charge is -2.12. The van der Waals surface area contributed by atoms with Gasteiger partial charge in [0.25, 0.3) is 5.91 Å². The molecular weight excluding hydrogens is 376 g/mol. The van der Waals surface area contributed by atoms with Crippen molar-refractivity contribution in [1.82, 2.24) is 4.90 Å². The first-order chi connectivity index (χ1) is 13.5. The predicted octanol–water partition coefficient (Wildman–Crippen LogP) is 4.11. The summed E-state index contributed by atoms with van der Waals surface area (Å²) in [5.74, 6) is 0.274. The normalized spacial score (nSPS) is 16.7.